The number of benzene rings is 1. The van der Waals surface area contributed by atoms with Gasteiger partial charge in [0.05, 0.1) is 11.3 Å². The molecule has 5 nitrogen and oxygen atoms in total. The second kappa shape index (κ2) is 5.01. The lowest BCUT2D eigenvalue weighted by molar-refractivity contribution is 0.616. The molecule has 0 aliphatic rings. The van der Waals surface area contributed by atoms with Crippen LogP contribution >= 0.6 is 0 Å². The lowest BCUT2D eigenvalue weighted by atomic mass is 10.1. The van der Waals surface area contributed by atoms with Gasteiger partial charge in [-0.15, -0.1) is 0 Å². The topological polar surface area (TPSA) is 84.8 Å². The average Bonchev–Trinajstić information content (AvgIpc) is 2.39. The molecule has 6 heteroatoms. The second-order valence-electron chi connectivity index (χ2n) is 3.98. The number of amidine groups is 1. The van der Waals surface area contributed by atoms with E-state index in [4.69, 9.17) is 11.1 Å². The van der Waals surface area contributed by atoms with Crippen molar-refractivity contribution in [3.8, 4) is 11.3 Å². The Hall–Kier alpha value is -2.50. The van der Waals surface area contributed by atoms with Crippen LogP contribution < -0.4 is 11.3 Å². The SMILES string of the molecule is CCn1nc(-c2ccc(F)cc2)cc(C(=N)N)c1=O. The highest BCUT2D eigenvalue weighted by atomic mass is 19.1. The molecule has 1 aromatic carbocycles. The van der Waals surface area contributed by atoms with Crippen molar-refractivity contribution in [1.82, 2.24) is 9.78 Å². The predicted octanol–water partition coefficient (Wildman–Crippen LogP) is 1.35. The van der Waals surface area contributed by atoms with Crippen molar-refractivity contribution in [3.05, 3.63) is 52.1 Å². The highest BCUT2D eigenvalue weighted by Crippen LogP contribution is 2.16. The monoisotopic (exact) mass is 260 g/mol. The molecule has 1 heterocycles. The Morgan fingerprint density at radius 3 is 2.58 bits per heavy atom. The summed E-state index contributed by atoms with van der Waals surface area (Å²) in [4.78, 5) is 11.9. The first kappa shape index (κ1) is 12.9. The van der Waals surface area contributed by atoms with Crippen molar-refractivity contribution < 1.29 is 4.39 Å². The Labute approximate surface area is 109 Å². The molecule has 2 aromatic rings. The van der Waals surface area contributed by atoms with Crippen molar-refractivity contribution in [2.24, 2.45) is 5.73 Å². The van der Waals surface area contributed by atoms with Crippen LogP contribution in [0.25, 0.3) is 11.3 Å². The van der Waals surface area contributed by atoms with Crippen LogP contribution in [-0.4, -0.2) is 15.6 Å². The van der Waals surface area contributed by atoms with E-state index in [0.717, 1.165) is 0 Å². The van der Waals surface area contributed by atoms with E-state index in [-0.39, 0.29) is 17.2 Å². The quantitative estimate of drug-likeness (QED) is 0.645. The van der Waals surface area contributed by atoms with E-state index in [1.807, 2.05) is 0 Å². The van der Waals surface area contributed by atoms with Gasteiger partial charge in [-0.2, -0.15) is 5.10 Å². The minimum atomic E-state index is -0.402. The van der Waals surface area contributed by atoms with Gasteiger partial charge >= 0.3 is 0 Å². The van der Waals surface area contributed by atoms with Gasteiger partial charge in [-0.1, -0.05) is 0 Å². The number of aromatic nitrogens is 2. The van der Waals surface area contributed by atoms with E-state index in [1.165, 1.54) is 22.9 Å². The van der Waals surface area contributed by atoms with Crippen molar-refractivity contribution >= 4 is 5.84 Å². The van der Waals surface area contributed by atoms with Gasteiger partial charge in [0.1, 0.15) is 11.7 Å². The van der Waals surface area contributed by atoms with E-state index in [1.54, 1.807) is 19.1 Å². The molecular weight excluding hydrogens is 247 g/mol. The van der Waals surface area contributed by atoms with Crippen LogP contribution in [0.15, 0.2) is 35.1 Å². The zero-order valence-corrected chi connectivity index (χ0v) is 10.4. The van der Waals surface area contributed by atoms with E-state index in [9.17, 15) is 9.18 Å². The number of nitrogen functional groups attached to an aromatic ring is 1. The molecule has 0 aliphatic heterocycles. The zero-order valence-electron chi connectivity index (χ0n) is 10.4. The Morgan fingerprint density at radius 1 is 1.42 bits per heavy atom. The fourth-order valence-corrected chi connectivity index (χ4v) is 1.71. The number of nitrogens with zero attached hydrogens (tertiary/aromatic N) is 2. The normalized spacial score (nSPS) is 10.4. The van der Waals surface area contributed by atoms with Crippen LogP contribution in [0.3, 0.4) is 0 Å². The minimum Gasteiger partial charge on any atom is -0.384 e. The summed E-state index contributed by atoms with van der Waals surface area (Å²) in [6, 6.07) is 7.19. The number of nitrogens with two attached hydrogens (primary N) is 1. The molecule has 2 rings (SSSR count). The molecule has 0 radical (unpaired) electrons. The summed E-state index contributed by atoms with van der Waals surface area (Å²) in [5.41, 5.74) is 6.22. The summed E-state index contributed by atoms with van der Waals surface area (Å²) >= 11 is 0. The van der Waals surface area contributed by atoms with E-state index in [0.29, 0.717) is 17.8 Å². The van der Waals surface area contributed by atoms with Gasteiger partial charge in [-0.25, -0.2) is 9.07 Å². The standard InChI is InChI=1S/C13H13FN4O/c1-2-18-13(19)10(12(15)16)7-11(17-18)8-3-5-9(14)6-4-8/h3-7H,2H2,1H3,(H3,15,16). The van der Waals surface area contributed by atoms with Gasteiger partial charge in [0.2, 0.25) is 0 Å². The van der Waals surface area contributed by atoms with E-state index < -0.39 is 5.56 Å². The van der Waals surface area contributed by atoms with Gasteiger partial charge in [0, 0.05) is 12.1 Å². The van der Waals surface area contributed by atoms with E-state index >= 15 is 0 Å². The molecule has 98 valence electrons. The average molecular weight is 260 g/mol. The molecule has 19 heavy (non-hydrogen) atoms. The highest BCUT2D eigenvalue weighted by molar-refractivity contribution is 5.95. The number of rotatable bonds is 3. The number of hydrogen-bond donors (Lipinski definition) is 2. The van der Waals surface area contributed by atoms with Crippen LogP contribution in [0.2, 0.25) is 0 Å². The number of aryl methyl sites for hydroxylation is 1. The van der Waals surface area contributed by atoms with Crippen LogP contribution in [0.5, 0.6) is 0 Å². The van der Waals surface area contributed by atoms with Crippen LogP contribution in [0, 0.1) is 11.2 Å². The van der Waals surface area contributed by atoms with Gasteiger partial charge in [0.25, 0.3) is 5.56 Å². The van der Waals surface area contributed by atoms with Crippen LogP contribution in [-0.2, 0) is 6.54 Å². The first-order valence-corrected chi connectivity index (χ1v) is 5.75. The highest BCUT2D eigenvalue weighted by Gasteiger charge is 2.11. The molecule has 0 spiro atoms. The number of nitrogens with one attached hydrogen (secondary N) is 1. The summed E-state index contributed by atoms with van der Waals surface area (Å²) in [6.45, 7) is 2.14. The largest absolute Gasteiger partial charge is 0.384 e. The maximum atomic E-state index is 12.9. The fraction of sp³-hybridized carbons (Fsp3) is 0.154. The summed E-state index contributed by atoms with van der Waals surface area (Å²) in [5.74, 6) is -0.655. The predicted molar refractivity (Wildman–Crippen MR) is 70.6 cm³/mol. The van der Waals surface area contributed by atoms with E-state index in [2.05, 4.69) is 5.10 Å². The minimum absolute atomic E-state index is 0.0937. The molecule has 0 bridgehead atoms. The van der Waals surface area contributed by atoms with Gasteiger partial charge < -0.3 is 5.73 Å². The smallest absolute Gasteiger partial charge is 0.277 e. The first-order chi connectivity index (χ1) is 9.02. The summed E-state index contributed by atoms with van der Waals surface area (Å²) in [7, 11) is 0. The van der Waals surface area contributed by atoms with Crippen molar-refractivity contribution in [3.63, 3.8) is 0 Å². The molecule has 0 amide bonds. The molecule has 0 fully saturated rings. The summed E-state index contributed by atoms with van der Waals surface area (Å²) < 4.78 is 14.1. The molecule has 0 atom stereocenters. The Balaban J connectivity index is 2.64. The molecule has 0 saturated carbocycles. The first-order valence-electron chi connectivity index (χ1n) is 5.75. The number of hydrogen-bond acceptors (Lipinski definition) is 3. The zero-order chi connectivity index (χ0) is 14.0. The Kier molecular flexibility index (Phi) is 3.41. The fourth-order valence-electron chi connectivity index (χ4n) is 1.71. The summed E-state index contributed by atoms with van der Waals surface area (Å²) in [5, 5.41) is 11.6. The summed E-state index contributed by atoms with van der Waals surface area (Å²) in [6.07, 6.45) is 0. The lowest BCUT2D eigenvalue weighted by Crippen LogP contribution is -2.31. The van der Waals surface area contributed by atoms with Crippen LogP contribution in [0.4, 0.5) is 4.39 Å². The van der Waals surface area contributed by atoms with Crippen molar-refractivity contribution in [2.75, 3.05) is 0 Å². The van der Waals surface area contributed by atoms with Crippen LogP contribution in [0.1, 0.15) is 12.5 Å². The number of halogens is 1. The molecule has 3 N–H and O–H groups in total. The third-order valence-corrected chi connectivity index (χ3v) is 2.70. The maximum Gasteiger partial charge on any atom is 0.277 e. The molecule has 1 aromatic heterocycles. The third kappa shape index (κ3) is 2.52. The maximum absolute atomic E-state index is 12.9. The Bertz CT molecular complexity index is 676. The Morgan fingerprint density at radius 2 is 2.05 bits per heavy atom. The molecule has 0 aliphatic carbocycles. The van der Waals surface area contributed by atoms with Gasteiger partial charge in [-0.3, -0.25) is 10.2 Å². The van der Waals surface area contributed by atoms with Gasteiger partial charge in [0.15, 0.2) is 0 Å². The van der Waals surface area contributed by atoms with Gasteiger partial charge in [-0.05, 0) is 37.3 Å². The molecule has 0 unspecified atom stereocenters. The molecular formula is C13H13FN4O. The third-order valence-electron chi connectivity index (χ3n) is 2.70. The second-order valence-corrected chi connectivity index (χ2v) is 3.98. The van der Waals surface area contributed by atoms with Crippen molar-refractivity contribution in [2.45, 2.75) is 13.5 Å². The lowest BCUT2D eigenvalue weighted by Gasteiger charge is -2.08. The van der Waals surface area contributed by atoms with Crippen molar-refractivity contribution in [1.29, 1.82) is 5.41 Å². The molecule has 0 saturated heterocycles.